The van der Waals surface area contributed by atoms with Crippen molar-refractivity contribution in [3.05, 3.63) is 50.7 Å². The lowest BCUT2D eigenvalue weighted by atomic mass is 9.97. The number of ether oxygens (including phenoxy) is 1. The molecule has 0 aliphatic rings. The Balaban J connectivity index is 2.52. The molecule has 1 unspecified atom stereocenters. The fraction of sp³-hybridized carbons (Fsp3) is 0.333. The zero-order chi connectivity index (χ0) is 13.3. The molecule has 2 aromatic rings. The third-order valence-corrected chi connectivity index (χ3v) is 4.53. The lowest BCUT2D eigenvalue weighted by molar-refractivity contribution is 0.404. The van der Waals surface area contributed by atoms with Crippen LogP contribution >= 0.6 is 11.3 Å². The van der Waals surface area contributed by atoms with Gasteiger partial charge in [-0.15, -0.1) is 11.3 Å². The van der Waals surface area contributed by atoms with Crippen LogP contribution in [-0.4, -0.2) is 7.11 Å². The smallest absolute Gasteiger partial charge is 0.127 e. The van der Waals surface area contributed by atoms with Crippen molar-refractivity contribution in [1.29, 1.82) is 0 Å². The molecule has 0 spiro atoms. The van der Waals surface area contributed by atoms with E-state index in [-0.39, 0.29) is 6.04 Å². The molecule has 0 aliphatic heterocycles. The highest BCUT2D eigenvalue weighted by Crippen LogP contribution is 2.35. The van der Waals surface area contributed by atoms with Crippen LogP contribution in [-0.2, 0) is 0 Å². The van der Waals surface area contributed by atoms with Gasteiger partial charge in [0, 0.05) is 10.4 Å². The summed E-state index contributed by atoms with van der Waals surface area (Å²) in [4.78, 5) is 1.21. The Hall–Kier alpha value is -1.32. The van der Waals surface area contributed by atoms with Crippen molar-refractivity contribution in [2.75, 3.05) is 7.11 Å². The lowest BCUT2D eigenvalue weighted by Gasteiger charge is -2.18. The van der Waals surface area contributed by atoms with Crippen molar-refractivity contribution >= 4 is 11.3 Å². The van der Waals surface area contributed by atoms with E-state index in [0.29, 0.717) is 0 Å². The molecule has 0 radical (unpaired) electrons. The predicted octanol–water partition coefficient (Wildman–Crippen LogP) is 3.73. The minimum atomic E-state index is -0.112. The molecule has 3 heteroatoms. The van der Waals surface area contributed by atoms with Crippen molar-refractivity contribution in [2.24, 2.45) is 5.73 Å². The number of aryl methyl sites for hydroxylation is 2. The second-order valence-electron chi connectivity index (χ2n) is 4.58. The first-order valence-corrected chi connectivity index (χ1v) is 6.88. The quantitative estimate of drug-likeness (QED) is 0.913. The first-order chi connectivity index (χ1) is 8.56. The van der Waals surface area contributed by atoms with Crippen LogP contribution in [0.25, 0.3) is 0 Å². The molecule has 2 N–H and O–H groups in total. The number of benzene rings is 1. The molecule has 0 bridgehead atoms. The Bertz CT molecular complexity index is 560. The van der Waals surface area contributed by atoms with Gasteiger partial charge in [-0.25, -0.2) is 0 Å². The van der Waals surface area contributed by atoms with Crippen molar-refractivity contribution < 1.29 is 4.74 Å². The fourth-order valence-corrected chi connectivity index (χ4v) is 3.12. The second-order valence-corrected chi connectivity index (χ2v) is 5.52. The summed E-state index contributed by atoms with van der Waals surface area (Å²) in [6.07, 6.45) is 0. The van der Waals surface area contributed by atoms with Crippen molar-refractivity contribution in [3.63, 3.8) is 0 Å². The van der Waals surface area contributed by atoms with Gasteiger partial charge in [0.1, 0.15) is 5.75 Å². The zero-order valence-electron chi connectivity index (χ0n) is 11.3. The van der Waals surface area contributed by atoms with Gasteiger partial charge in [0.2, 0.25) is 0 Å². The van der Waals surface area contributed by atoms with E-state index in [9.17, 15) is 0 Å². The maximum atomic E-state index is 6.39. The molecule has 1 atom stereocenters. The Kier molecular flexibility index (Phi) is 3.73. The summed E-state index contributed by atoms with van der Waals surface area (Å²) < 4.78 is 5.54. The molecule has 0 fully saturated rings. The van der Waals surface area contributed by atoms with Crippen molar-refractivity contribution in [1.82, 2.24) is 0 Å². The molecule has 1 aromatic carbocycles. The molecule has 18 heavy (non-hydrogen) atoms. The van der Waals surface area contributed by atoms with Gasteiger partial charge in [0.05, 0.1) is 13.2 Å². The Labute approximate surface area is 112 Å². The van der Waals surface area contributed by atoms with Gasteiger partial charge < -0.3 is 10.5 Å². The molecular weight excluding hydrogens is 242 g/mol. The summed E-state index contributed by atoms with van der Waals surface area (Å²) in [5, 5.41) is 2.08. The van der Waals surface area contributed by atoms with E-state index in [4.69, 9.17) is 10.5 Å². The average Bonchev–Trinajstić information content (AvgIpc) is 2.78. The molecule has 1 aromatic heterocycles. The predicted molar refractivity (Wildman–Crippen MR) is 77.6 cm³/mol. The number of nitrogens with two attached hydrogens (primary N) is 1. The standard InChI is InChI=1S/C15H19NOS/c1-9-5-6-12(14(17-4)11(9)3)13(16)15-10(2)7-8-18-15/h5-8,13H,16H2,1-4H3. The van der Waals surface area contributed by atoms with Crippen molar-refractivity contribution in [3.8, 4) is 5.75 Å². The summed E-state index contributed by atoms with van der Waals surface area (Å²) >= 11 is 1.70. The summed E-state index contributed by atoms with van der Waals surface area (Å²) in [7, 11) is 1.71. The average molecular weight is 261 g/mol. The van der Waals surface area contributed by atoms with Crippen LogP contribution in [0, 0.1) is 20.8 Å². The summed E-state index contributed by atoms with van der Waals surface area (Å²) in [5.41, 5.74) is 11.1. The number of methoxy groups -OCH3 is 1. The van der Waals surface area contributed by atoms with Crippen LogP contribution in [0.15, 0.2) is 23.6 Å². The SMILES string of the molecule is COc1c(C(N)c2sccc2C)ccc(C)c1C. The van der Waals surface area contributed by atoms with Crippen LogP contribution < -0.4 is 10.5 Å². The van der Waals surface area contributed by atoms with Crippen molar-refractivity contribution in [2.45, 2.75) is 26.8 Å². The second kappa shape index (κ2) is 5.12. The third-order valence-electron chi connectivity index (χ3n) is 3.43. The van der Waals surface area contributed by atoms with E-state index >= 15 is 0 Å². The molecule has 0 saturated carbocycles. The monoisotopic (exact) mass is 261 g/mol. The van der Waals surface area contributed by atoms with Gasteiger partial charge in [0.25, 0.3) is 0 Å². The van der Waals surface area contributed by atoms with Crippen LogP contribution in [0.3, 0.4) is 0 Å². The van der Waals surface area contributed by atoms with Gasteiger partial charge in [-0.1, -0.05) is 12.1 Å². The topological polar surface area (TPSA) is 35.2 Å². The fourth-order valence-electron chi connectivity index (χ4n) is 2.17. The first-order valence-electron chi connectivity index (χ1n) is 6.00. The van der Waals surface area contributed by atoms with Crippen LogP contribution in [0.1, 0.15) is 33.2 Å². The van der Waals surface area contributed by atoms with Crippen LogP contribution in [0.4, 0.5) is 0 Å². The molecule has 1 heterocycles. The summed E-state index contributed by atoms with van der Waals surface area (Å²) in [6.45, 7) is 6.26. The number of hydrogen-bond donors (Lipinski definition) is 1. The van der Waals surface area contributed by atoms with Crippen LogP contribution in [0.2, 0.25) is 0 Å². The van der Waals surface area contributed by atoms with E-state index in [1.54, 1.807) is 18.4 Å². The van der Waals surface area contributed by atoms with Gasteiger partial charge in [0.15, 0.2) is 0 Å². The van der Waals surface area contributed by atoms with E-state index in [1.165, 1.54) is 21.6 Å². The maximum Gasteiger partial charge on any atom is 0.127 e. The highest BCUT2D eigenvalue weighted by Gasteiger charge is 2.18. The van der Waals surface area contributed by atoms with E-state index in [2.05, 4.69) is 44.4 Å². The van der Waals surface area contributed by atoms with E-state index < -0.39 is 0 Å². The van der Waals surface area contributed by atoms with Gasteiger partial charge in [-0.2, -0.15) is 0 Å². The molecular formula is C15H19NOS. The zero-order valence-corrected chi connectivity index (χ0v) is 12.1. The Morgan fingerprint density at radius 3 is 2.39 bits per heavy atom. The maximum absolute atomic E-state index is 6.39. The minimum absolute atomic E-state index is 0.112. The van der Waals surface area contributed by atoms with Crippen LogP contribution in [0.5, 0.6) is 5.75 Å². The highest BCUT2D eigenvalue weighted by atomic mass is 32.1. The number of hydrogen-bond acceptors (Lipinski definition) is 3. The molecule has 0 aliphatic carbocycles. The normalized spacial score (nSPS) is 12.5. The molecule has 0 saturated heterocycles. The lowest BCUT2D eigenvalue weighted by Crippen LogP contribution is -2.13. The highest BCUT2D eigenvalue weighted by molar-refractivity contribution is 7.10. The molecule has 2 rings (SSSR count). The summed E-state index contributed by atoms with van der Waals surface area (Å²) in [5.74, 6) is 0.912. The number of rotatable bonds is 3. The number of thiophene rings is 1. The Morgan fingerprint density at radius 2 is 1.83 bits per heavy atom. The summed E-state index contributed by atoms with van der Waals surface area (Å²) in [6, 6.07) is 6.17. The van der Waals surface area contributed by atoms with Gasteiger partial charge in [-0.05, 0) is 48.9 Å². The van der Waals surface area contributed by atoms with Gasteiger partial charge >= 0.3 is 0 Å². The molecule has 96 valence electrons. The largest absolute Gasteiger partial charge is 0.496 e. The van der Waals surface area contributed by atoms with E-state index in [1.807, 2.05) is 0 Å². The first kappa shape index (κ1) is 13.1. The third kappa shape index (κ3) is 2.16. The Morgan fingerprint density at radius 1 is 1.11 bits per heavy atom. The molecule has 0 amide bonds. The van der Waals surface area contributed by atoms with E-state index in [0.717, 1.165) is 11.3 Å². The van der Waals surface area contributed by atoms with Gasteiger partial charge in [-0.3, -0.25) is 0 Å². The minimum Gasteiger partial charge on any atom is -0.496 e. The molecule has 2 nitrogen and oxygen atoms in total.